The van der Waals surface area contributed by atoms with Crippen molar-refractivity contribution in [3.8, 4) is 16.9 Å². The summed E-state index contributed by atoms with van der Waals surface area (Å²) in [7, 11) is -3.75. The molecule has 4 rings (SSSR count). The molecule has 0 aliphatic carbocycles. The van der Waals surface area contributed by atoms with E-state index in [1.807, 2.05) is 12.1 Å². The second-order valence-electron chi connectivity index (χ2n) is 8.89. The molecule has 36 heavy (non-hydrogen) atoms. The minimum Gasteiger partial charge on any atom is -0.369 e. The Kier molecular flexibility index (Phi) is 7.89. The Morgan fingerprint density at radius 3 is 2.44 bits per heavy atom. The number of nitrogens with zero attached hydrogens (tertiary/aromatic N) is 5. The lowest BCUT2D eigenvalue weighted by Crippen LogP contribution is -2.46. The van der Waals surface area contributed by atoms with Crippen LogP contribution < -0.4 is 9.62 Å². The molecule has 1 fully saturated rings. The van der Waals surface area contributed by atoms with Crippen LogP contribution in [0.4, 0.5) is 20.2 Å². The number of hydrogen-bond acceptors (Lipinski definition) is 6. The maximum atomic E-state index is 15.2. The third-order valence-electron chi connectivity index (χ3n) is 6.39. The molecule has 0 unspecified atom stereocenters. The zero-order chi connectivity index (χ0) is 25.9. The monoisotopic (exact) mass is 518 g/mol. The van der Waals surface area contributed by atoms with Crippen molar-refractivity contribution in [3.63, 3.8) is 0 Å². The average Bonchev–Trinajstić information content (AvgIpc) is 3.35. The van der Waals surface area contributed by atoms with Crippen molar-refractivity contribution >= 4 is 21.4 Å². The van der Waals surface area contributed by atoms with Crippen molar-refractivity contribution in [2.24, 2.45) is 0 Å². The third-order valence-corrected chi connectivity index (χ3v) is 7.87. The Balaban J connectivity index is 1.66. The molecule has 0 saturated carbocycles. The smallest absolute Gasteiger partial charge is 0.232 e. The van der Waals surface area contributed by atoms with Gasteiger partial charge in [0, 0.05) is 37.4 Å². The number of piperazine rings is 1. The van der Waals surface area contributed by atoms with E-state index in [4.69, 9.17) is 0 Å². The summed E-state index contributed by atoms with van der Waals surface area (Å²) in [5, 5.41) is 8.15. The zero-order valence-electron chi connectivity index (χ0n) is 20.8. The number of likely N-dealkylation sites (N-methyl/N-ethyl adjacent to an activating group) is 1. The lowest BCUT2D eigenvalue weighted by molar-refractivity contribution is 0.271. The molecule has 1 aromatic heterocycles. The molecule has 1 aliphatic heterocycles. The first-order chi connectivity index (χ1) is 17.2. The van der Waals surface area contributed by atoms with Crippen LogP contribution in [-0.2, 0) is 16.4 Å². The highest BCUT2D eigenvalue weighted by atomic mass is 32.2. The quantitative estimate of drug-likeness (QED) is 0.460. The van der Waals surface area contributed by atoms with Gasteiger partial charge < -0.3 is 9.80 Å². The highest BCUT2D eigenvalue weighted by Crippen LogP contribution is 2.29. The van der Waals surface area contributed by atoms with Gasteiger partial charge in [-0.1, -0.05) is 26.0 Å². The minimum absolute atomic E-state index is 0.170. The number of halogens is 2. The van der Waals surface area contributed by atoms with Crippen LogP contribution in [0.15, 0.2) is 36.5 Å². The van der Waals surface area contributed by atoms with Crippen LogP contribution in [0.1, 0.15) is 32.8 Å². The van der Waals surface area contributed by atoms with E-state index in [0.717, 1.165) is 72.8 Å². The number of aromatic nitrogens is 3. The molecule has 2 heterocycles. The van der Waals surface area contributed by atoms with Crippen LogP contribution in [-0.4, -0.2) is 66.8 Å². The van der Waals surface area contributed by atoms with Gasteiger partial charge in [-0.05, 0) is 55.3 Å². The van der Waals surface area contributed by atoms with E-state index in [0.29, 0.717) is 12.1 Å². The van der Waals surface area contributed by atoms with Crippen molar-refractivity contribution < 1.29 is 17.2 Å². The van der Waals surface area contributed by atoms with Crippen molar-refractivity contribution in [2.75, 3.05) is 48.1 Å². The lowest BCUT2D eigenvalue weighted by Gasteiger charge is -2.35. The SMILES string of the molecule is CCCS(=O)(=O)Nc1ccc(F)c(-n2cc(-c3cc(CC)cc(N4CCN(CC)CC4)c3)nn2)c1F. The molecule has 3 aromatic rings. The van der Waals surface area contributed by atoms with Gasteiger partial charge in [-0.3, -0.25) is 4.72 Å². The standard InChI is InChI=1S/C25H32F2N6O2S/c1-4-13-36(34,35)29-22-8-7-21(26)25(24(22)27)33-17-23(28-30-33)19-14-18(5-2)15-20(16-19)32-11-9-31(6-3)10-12-32/h7-8,14-17,29H,4-6,9-13H2,1-3H3. The summed E-state index contributed by atoms with van der Waals surface area (Å²) in [6.45, 7) is 10.8. The zero-order valence-corrected chi connectivity index (χ0v) is 21.7. The first-order valence-corrected chi connectivity index (χ1v) is 13.9. The summed E-state index contributed by atoms with van der Waals surface area (Å²) in [6.07, 6.45) is 2.65. The second kappa shape index (κ2) is 10.9. The molecule has 2 aromatic carbocycles. The van der Waals surface area contributed by atoms with Gasteiger partial charge in [-0.15, -0.1) is 5.10 Å². The summed E-state index contributed by atoms with van der Waals surface area (Å²) in [5.41, 5.74) is 2.65. The topological polar surface area (TPSA) is 83.4 Å². The van der Waals surface area contributed by atoms with E-state index >= 15 is 4.39 Å². The number of aryl methyl sites for hydroxylation is 1. The first-order valence-electron chi connectivity index (χ1n) is 12.3. The van der Waals surface area contributed by atoms with E-state index in [-0.39, 0.29) is 11.4 Å². The molecule has 1 N–H and O–H groups in total. The number of nitrogens with one attached hydrogen (secondary N) is 1. The molecule has 1 aliphatic rings. The molecule has 8 nitrogen and oxygen atoms in total. The summed E-state index contributed by atoms with van der Waals surface area (Å²) in [4.78, 5) is 4.75. The third kappa shape index (κ3) is 5.67. The number of anilines is 2. The lowest BCUT2D eigenvalue weighted by atomic mass is 10.0. The highest BCUT2D eigenvalue weighted by molar-refractivity contribution is 7.92. The molecule has 0 bridgehead atoms. The maximum absolute atomic E-state index is 15.2. The maximum Gasteiger partial charge on any atom is 0.232 e. The van der Waals surface area contributed by atoms with Crippen molar-refractivity contribution in [2.45, 2.75) is 33.6 Å². The molecular formula is C25H32F2N6O2S. The van der Waals surface area contributed by atoms with E-state index in [1.54, 1.807) is 6.92 Å². The van der Waals surface area contributed by atoms with Gasteiger partial charge in [0.05, 0.1) is 17.6 Å². The largest absolute Gasteiger partial charge is 0.369 e. The number of rotatable bonds is 9. The van der Waals surface area contributed by atoms with Gasteiger partial charge in [0.25, 0.3) is 0 Å². The van der Waals surface area contributed by atoms with Crippen LogP contribution in [0.5, 0.6) is 0 Å². The molecule has 0 amide bonds. The Bertz CT molecular complexity index is 1320. The van der Waals surface area contributed by atoms with Crippen LogP contribution >= 0.6 is 0 Å². The van der Waals surface area contributed by atoms with E-state index < -0.39 is 27.3 Å². The molecule has 0 radical (unpaired) electrons. The van der Waals surface area contributed by atoms with E-state index in [1.165, 1.54) is 6.20 Å². The Labute approximate surface area is 211 Å². The summed E-state index contributed by atoms with van der Waals surface area (Å²) >= 11 is 0. The Morgan fingerprint density at radius 1 is 1.03 bits per heavy atom. The second-order valence-corrected chi connectivity index (χ2v) is 10.7. The molecule has 11 heteroatoms. The molecular weight excluding hydrogens is 486 g/mol. The number of sulfonamides is 1. The molecule has 194 valence electrons. The number of benzene rings is 2. The van der Waals surface area contributed by atoms with Gasteiger partial charge in [-0.2, -0.15) is 0 Å². The summed E-state index contributed by atoms with van der Waals surface area (Å²) in [5.74, 6) is -2.10. The van der Waals surface area contributed by atoms with Gasteiger partial charge in [0.1, 0.15) is 11.4 Å². The highest BCUT2D eigenvalue weighted by Gasteiger charge is 2.22. The van der Waals surface area contributed by atoms with Crippen LogP contribution in [0, 0.1) is 11.6 Å². The van der Waals surface area contributed by atoms with Crippen LogP contribution in [0.2, 0.25) is 0 Å². The molecule has 0 spiro atoms. The predicted octanol–water partition coefficient (Wildman–Crippen LogP) is 4.07. The fourth-order valence-electron chi connectivity index (χ4n) is 4.35. The number of hydrogen-bond donors (Lipinski definition) is 1. The van der Waals surface area contributed by atoms with Crippen LogP contribution in [0.25, 0.3) is 16.9 Å². The molecule has 1 saturated heterocycles. The fourth-order valence-corrected chi connectivity index (χ4v) is 5.49. The van der Waals surface area contributed by atoms with Crippen molar-refractivity contribution in [1.29, 1.82) is 0 Å². The minimum atomic E-state index is -3.75. The summed E-state index contributed by atoms with van der Waals surface area (Å²) < 4.78 is 57.3. The van der Waals surface area contributed by atoms with Gasteiger partial charge in [0.2, 0.25) is 10.0 Å². The Hall–Kier alpha value is -3.05. The first kappa shape index (κ1) is 26.0. The van der Waals surface area contributed by atoms with Crippen LogP contribution in [0.3, 0.4) is 0 Å². The summed E-state index contributed by atoms with van der Waals surface area (Å²) in [6, 6.07) is 8.27. The Morgan fingerprint density at radius 2 is 1.78 bits per heavy atom. The van der Waals surface area contributed by atoms with E-state index in [2.05, 4.69) is 44.7 Å². The van der Waals surface area contributed by atoms with Gasteiger partial charge >= 0.3 is 0 Å². The predicted molar refractivity (Wildman–Crippen MR) is 138 cm³/mol. The van der Waals surface area contributed by atoms with Crippen molar-refractivity contribution in [1.82, 2.24) is 19.9 Å². The molecule has 0 atom stereocenters. The van der Waals surface area contributed by atoms with Crippen molar-refractivity contribution in [3.05, 3.63) is 53.7 Å². The normalized spacial score (nSPS) is 14.9. The van der Waals surface area contributed by atoms with Gasteiger partial charge in [0.15, 0.2) is 11.6 Å². The van der Waals surface area contributed by atoms with Gasteiger partial charge in [-0.25, -0.2) is 21.9 Å². The average molecular weight is 519 g/mol. The fraction of sp³-hybridized carbons (Fsp3) is 0.440. The van der Waals surface area contributed by atoms with E-state index in [9.17, 15) is 12.8 Å².